The molecule has 6 aromatic rings. The number of benzene rings is 2. The summed E-state index contributed by atoms with van der Waals surface area (Å²) in [5.41, 5.74) is 1.40. The Morgan fingerprint density at radius 1 is 0.649 bits per heavy atom. The molecule has 6 rings (SSSR count). The minimum absolute atomic E-state index is 0.136. The van der Waals surface area contributed by atoms with Gasteiger partial charge in [0.1, 0.15) is 5.65 Å². The van der Waals surface area contributed by atoms with Crippen molar-refractivity contribution < 1.29 is 16.8 Å². The van der Waals surface area contributed by atoms with Crippen molar-refractivity contribution in [3.8, 4) is 0 Å². The van der Waals surface area contributed by atoms with Gasteiger partial charge in [0.05, 0.1) is 9.79 Å². The highest BCUT2D eigenvalue weighted by Gasteiger charge is 2.18. The van der Waals surface area contributed by atoms with E-state index >= 15 is 0 Å². The molecule has 0 spiro atoms. The second kappa shape index (κ2) is 11.4. The number of nitrogens with one attached hydrogen (secondary N) is 1. The lowest BCUT2D eigenvalue weighted by Gasteiger charge is -2.06. The van der Waals surface area contributed by atoms with Crippen LogP contribution < -0.4 is 0 Å². The number of pyridine rings is 2. The largest absolute Gasteiger partial charge is 0.346 e. The van der Waals surface area contributed by atoms with Crippen LogP contribution >= 0.6 is 10.7 Å². The standard InChI is InChI=1S/C13H10N2O2S.C7H6N2.C6H5ClO2S/c16-18(17,12-6-2-1-3-7-12)15-10-8-11-5-4-9-14-13(11)15;1-2-6-3-5-9-7(6)8-4-1;7-10(8,9)6-4-2-1-3-5-6/h1-10H;1-5H,(H,8,9);1-5H. The van der Waals surface area contributed by atoms with Gasteiger partial charge in [-0.25, -0.2) is 30.8 Å². The number of rotatable bonds is 3. The van der Waals surface area contributed by atoms with Crippen molar-refractivity contribution in [1.29, 1.82) is 0 Å². The Bertz CT molecular complexity index is 1790. The van der Waals surface area contributed by atoms with Crippen LogP contribution in [-0.2, 0) is 19.1 Å². The summed E-state index contributed by atoms with van der Waals surface area (Å²) in [6.45, 7) is 0. The predicted molar refractivity (Wildman–Crippen MR) is 144 cm³/mol. The number of hydrogen-bond acceptors (Lipinski definition) is 6. The van der Waals surface area contributed by atoms with Gasteiger partial charge in [-0.3, -0.25) is 0 Å². The van der Waals surface area contributed by atoms with Crippen molar-refractivity contribution in [2.75, 3.05) is 0 Å². The minimum atomic E-state index is -3.57. The number of halogens is 1. The molecule has 0 amide bonds. The van der Waals surface area contributed by atoms with Crippen LogP contribution in [0.2, 0.25) is 0 Å². The normalized spacial score (nSPS) is 11.3. The van der Waals surface area contributed by atoms with E-state index in [1.165, 1.54) is 22.3 Å². The van der Waals surface area contributed by atoms with Crippen LogP contribution in [0.3, 0.4) is 0 Å². The summed E-state index contributed by atoms with van der Waals surface area (Å²) in [5, 5.41) is 1.97. The van der Waals surface area contributed by atoms with Crippen LogP contribution in [0.15, 0.2) is 132 Å². The lowest BCUT2D eigenvalue weighted by Crippen LogP contribution is -2.12. The molecule has 37 heavy (non-hydrogen) atoms. The second-order valence-corrected chi connectivity index (χ2v) is 11.9. The minimum Gasteiger partial charge on any atom is -0.346 e. The molecule has 8 nitrogen and oxygen atoms in total. The van der Waals surface area contributed by atoms with Gasteiger partial charge in [0.15, 0.2) is 5.65 Å². The highest BCUT2D eigenvalue weighted by molar-refractivity contribution is 8.13. The Balaban J connectivity index is 0.000000142. The number of nitrogens with zero attached hydrogens (tertiary/aromatic N) is 3. The molecule has 0 aliphatic carbocycles. The highest BCUT2D eigenvalue weighted by atomic mass is 35.7. The molecule has 0 aliphatic heterocycles. The van der Waals surface area contributed by atoms with Gasteiger partial charge in [-0.05, 0) is 60.7 Å². The molecule has 2 aromatic carbocycles. The van der Waals surface area contributed by atoms with Crippen molar-refractivity contribution in [3.05, 3.63) is 122 Å². The third kappa shape index (κ3) is 6.42. The number of fused-ring (bicyclic) bond motifs is 2. The van der Waals surface area contributed by atoms with Crippen LogP contribution in [0.4, 0.5) is 0 Å². The van der Waals surface area contributed by atoms with Gasteiger partial charge in [0.25, 0.3) is 19.1 Å². The summed E-state index contributed by atoms with van der Waals surface area (Å²) >= 11 is 0. The second-order valence-electron chi connectivity index (χ2n) is 7.52. The molecular weight excluding hydrogens is 532 g/mol. The molecule has 1 N–H and O–H groups in total. The average molecular weight is 553 g/mol. The molecule has 0 atom stereocenters. The van der Waals surface area contributed by atoms with Gasteiger partial charge < -0.3 is 4.98 Å². The molecule has 4 aromatic heterocycles. The van der Waals surface area contributed by atoms with Crippen molar-refractivity contribution in [2.45, 2.75) is 9.79 Å². The zero-order chi connectivity index (χ0) is 26.3. The van der Waals surface area contributed by atoms with Crippen LogP contribution in [0.25, 0.3) is 22.1 Å². The average Bonchev–Trinajstić information content (AvgIpc) is 3.58. The lowest BCUT2D eigenvalue weighted by molar-refractivity contribution is 0.588. The quantitative estimate of drug-likeness (QED) is 0.292. The Labute approximate surface area is 218 Å². The first-order valence-corrected chi connectivity index (χ1v) is 14.6. The summed E-state index contributed by atoms with van der Waals surface area (Å²) in [4.78, 5) is 11.6. The van der Waals surface area contributed by atoms with Crippen LogP contribution in [0.1, 0.15) is 0 Å². The molecule has 0 aliphatic rings. The van der Waals surface area contributed by atoms with Gasteiger partial charge in [0.2, 0.25) is 0 Å². The molecule has 0 bridgehead atoms. The fourth-order valence-corrected chi connectivity index (χ4v) is 5.43. The van der Waals surface area contributed by atoms with E-state index < -0.39 is 19.1 Å². The maximum Gasteiger partial charge on any atom is 0.269 e. The Morgan fingerprint density at radius 3 is 1.84 bits per heavy atom. The Hall–Kier alpha value is -3.99. The summed E-state index contributed by atoms with van der Waals surface area (Å²) in [7, 11) is -2.07. The van der Waals surface area contributed by atoms with E-state index in [2.05, 4.69) is 15.0 Å². The maximum atomic E-state index is 12.4. The summed E-state index contributed by atoms with van der Waals surface area (Å²) in [6, 6.07) is 27.5. The Morgan fingerprint density at radius 2 is 1.24 bits per heavy atom. The van der Waals surface area contributed by atoms with Crippen molar-refractivity contribution in [1.82, 2.24) is 18.9 Å². The molecular formula is C26H21ClN4O4S2. The summed E-state index contributed by atoms with van der Waals surface area (Å²) < 4.78 is 47.3. The smallest absolute Gasteiger partial charge is 0.269 e. The third-order valence-electron chi connectivity index (χ3n) is 5.06. The number of hydrogen-bond donors (Lipinski definition) is 1. The van der Waals surface area contributed by atoms with E-state index in [4.69, 9.17) is 10.7 Å². The summed E-state index contributed by atoms with van der Waals surface area (Å²) in [5.74, 6) is 0. The zero-order valence-corrected chi connectivity index (χ0v) is 21.6. The van der Waals surface area contributed by atoms with E-state index in [0.29, 0.717) is 5.65 Å². The van der Waals surface area contributed by atoms with E-state index in [-0.39, 0.29) is 9.79 Å². The number of H-pyrrole nitrogens is 1. The van der Waals surface area contributed by atoms with Gasteiger partial charge in [-0.1, -0.05) is 36.4 Å². The topological polar surface area (TPSA) is 115 Å². The molecule has 188 valence electrons. The van der Waals surface area contributed by atoms with Crippen molar-refractivity contribution in [2.24, 2.45) is 0 Å². The zero-order valence-electron chi connectivity index (χ0n) is 19.2. The van der Waals surface area contributed by atoms with Gasteiger partial charge in [-0.15, -0.1) is 0 Å². The van der Waals surface area contributed by atoms with Crippen molar-refractivity contribution >= 4 is 51.8 Å². The number of aromatic amines is 1. The number of aromatic nitrogens is 4. The van der Waals surface area contributed by atoms with Crippen LogP contribution in [-0.4, -0.2) is 35.8 Å². The predicted octanol–water partition coefficient (Wildman–Crippen LogP) is 5.45. The molecule has 0 saturated heterocycles. The SMILES string of the molecule is O=S(=O)(Cl)c1ccccc1.O=S(=O)(c1ccccc1)n1ccc2cccnc21.c1cnc2[nH]ccc2c1. The van der Waals surface area contributed by atoms with Crippen LogP contribution in [0, 0.1) is 0 Å². The van der Waals surface area contributed by atoms with Gasteiger partial charge in [-0.2, -0.15) is 0 Å². The fourth-order valence-electron chi connectivity index (χ4n) is 3.31. The van der Waals surface area contributed by atoms with E-state index in [0.717, 1.165) is 16.4 Å². The van der Waals surface area contributed by atoms with E-state index in [1.54, 1.807) is 73.1 Å². The third-order valence-corrected chi connectivity index (χ3v) is 8.11. The first-order valence-electron chi connectivity index (χ1n) is 10.9. The Kier molecular flexibility index (Phi) is 8.02. The molecule has 4 heterocycles. The molecule has 0 fully saturated rings. The fraction of sp³-hybridized carbons (Fsp3) is 0. The van der Waals surface area contributed by atoms with Crippen LogP contribution in [0.5, 0.6) is 0 Å². The molecule has 11 heteroatoms. The van der Waals surface area contributed by atoms with Gasteiger partial charge >= 0.3 is 0 Å². The van der Waals surface area contributed by atoms with Crippen molar-refractivity contribution in [3.63, 3.8) is 0 Å². The summed E-state index contributed by atoms with van der Waals surface area (Å²) in [6.07, 6.45) is 6.77. The van der Waals surface area contributed by atoms with E-state index in [9.17, 15) is 16.8 Å². The monoisotopic (exact) mass is 552 g/mol. The first-order chi connectivity index (χ1) is 17.8. The molecule has 0 unspecified atom stereocenters. The lowest BCUT2D eigenvalue weighted by atomic mass is 10.3. The van der Waals surface area contributed by atoms with Gasteiger partial charge in [0, 0.05) is 46.2 Å². The van der Waals surface area contributed by atoms with E-state index in [1.807, 2.05) is 30.5 Å². The molecule has 0 radical (unpaired) electrons. The maximum absolute atomic E-state index is 12.4. The molecule has 0 saturated carbocycles. The highest BCUT2D eigenvalue weighted by Crippen LogP contribution is 2.20. The first kappa shape index (κ1) is 26.1.